The van der Waals surface area contributed by atoms with E-state index in [1.54, 1.807) is 0 Å². The molecule has 0 atom stereocenters. The Bertz CT molecular complexity index is 411. The number of aromatic nitrogens is 5. The predicted octanol–water partition coefficient (Wildman–Crippen LogP) is 0.477. The van der Waals surface area contributed by atoms with Crippen molar-refractivity contribution >= 4 is 0 Å². The second-order valence-corrected chi connectivity index (χ2v) is 3.77. The van der Waals surface area contributed by atoms with Gasteiger partial charge in [-0.1, -0.05) is 0 Å². The van der Waals surface area contributed by atoms with Crippen LogP contribution in [0.5, 0.6) is 0 Å². The summed E-state index contributed by atoms with van der Waals surface area (Å²) >= 11 is 0. The van der Waals surface area contributed by atoms with Gasteiger partial charge in [0.05, 0.1) is 5.69 Å². The minimum Gasteiger partial charge on any atom is -0.312 e. The van der Waals surface area contributed by atoms with Crippen LogP contribution in [-0.2, 0) is 13.0 Å². The van der Waals surface area contributed by atoms with Crippen LogP contribution in [0.15, 0.2) is 6.33 Å². The third kappa shape index (κ3) is 2.46. The Balaban J connectivity index is 1.76. The van der Waals surface area contributed by atoms with Crippen LogP contribution in [0.25, 0.3) is 0 Å². The Hall–Kier alpha value is -1.69. The normalized spacial score (nSPS) is 10.9. The molecule has 0 fully saturated rings. The van der Waals surface area contributed by atoms with Gasteiger partial charge in [0.25, 0.3) is 0 Å². The highest BCUT2D eigenvalue weighted by Gasteiger charge is 2.05. The summed E-state index contributed by atoms with van der Waals surface area (Å²) in [4.78, 5) is 4.06. The van der Waals surface area contributed by atoms with Crippen molar-refractivity contribution in [3.63, 3.8) is 0 Å². The van der Waals surface area contributed by atoms with Gasteiger partial charge >= 0.3 is 0 Å². The van der Waals surface area contributed by atoms with Crippen LogP contribution < -0.4 is 5.32 Å². The van der Waals surface area contributed by atoms with Gasteiger partial charge in [-0.3, -0.25) is 10.2 Å². The van der Waals surface area contributed by atoms with E-state index < -0.39 is 0 Å². The number of hydrogen-bond acceptors (Lipinski definition) is 4. The van der Waals surface area contributed by atoms with Crippen molar-refractivity contribution in [1.82, 2.24) is 30.7 Å². The van der Waals surface area contributed by atoms with Crippen molar-refractivity contribution < 1.29 is 0 Å². The van der Waals surface area contributed by atoms with Crippen molar-refractivity contribution in [2.45, 2.75) is 26.8 Å². The Morgan fingerprint density at radius 1 is 1.31 bits per heavy atom. The summed E-state index contributed by atoms with van der Waals surface area (Å²) < 4.78 is 0. The molecule has 0 spiro atoms. The molecule has 6 heteroatoms. The van der Waals surface area contributed by atoms with Gasteiger partial charge in [-0.25, -0.2) is 4.98 Å². The van der Waals surface area contributed by atoms with Crippen LogP contribution in [0.2, 0.25) is 0 Å². The number of nitrogens with zero attached hydrogens (tertiary/aromatic N) is 3. The molecule has 0 aliphatic rings. The molecule has 0 saturated heterocycles. The lowest BCUT2D eigenvalue weighted by molar-refractivity contribution is 0.668. The zero-order valence-corrected chi connectivity index (χ0v) is 9.54. The fourth-order valence-corrected chi connectivity index (χ4v) is 1.61. The molecule has 0 aliphatic carbocycles. The minimum absolute atomic E-state index is 0.836. The van der Waals surface area contributed by atoms with E-state index in [1.807, 2.05) is 13.8 Å². The highest BCUT2D eigenvalue weighted by Crippen LogP contribution is 2.08. The maximum absolute atomic E-state index is 4.15. The van der Waals surface area contributed by atoms with E-state index in [9.17, 15) is 0 Å². The summed E-state index contributed by atoms with van der Waals surface area (Å²) in [7, 11) is 0. The maximum atomic E-state index is 4.15. The second-order valence-electron chi connectivity index (χ2n) is 3.77. The second kappa shape index (κ2) is 4.89. The Morgan fingerprint density at radius 3 is 2.81 bits per heavy atom. The van der Waals surface area contributed by atoms with Crippen molar-refractivity contribution in [2.24, 2.45) is 0 Å². The molecule has 86 valence electrons. The zero-order chi connectivity index (χ0) is 11.4. The standard InChI is InChI=1S/C10H16N6/c1-7-9(8(2)15-14-7)5-11-4-3-10-12-6-13-16-10/h6,11H,3-5H2,1-2H3,(H,14,15)(H,12,13,16). The van der Waals surface area contributed by atoms with Gasteiger partial charge in [0, 0.05) is 30.8 Å². The molecule has 0 radical (unpaired) electrons. The van der Waals surface area contributed by atoms with Crippen molar-refractivity contribution in [1.29, 1.82) is 0 Å². The van der Waals surface area contributed by atoms with Gasteiger partial charge in [0.15, 0.2) is 0 Å². The fourth-order valence-electron chi connectivity index (χ4n) is 1.61. The first-order valence-electron chi connectivity index (χ1n) is 5.33. The molecule has 2 aromatic heterocycles. The average molecular weight is 220 g/mol. The van der Waals surface area contributed by atoms with Crippen LogP contribution in [0.1, 0.15) is 22.8 Å². The summed E-state index contributed by atoms with van der Waals surface area (Å²) in [5.74, 6) is 0.910. The lowest BCUT2D eigenvalue weighted by Crippen LogP contribution is -2.18. The van der Waals surface area contributed by atoms with Crippen LogP contribution in [-0.4, -0.2) is 31.9 Å². The smallest absolute Gasteiger partial charge is 0.137 e. The van der Waals surface area contributed by atoms with Gasteiger partial charge < -0.3 is 5.32 Å². The third-order valence-electron chi connectivity index (χ3n) is 2.59. The largest absolute Gasteiger partial charge is 0.312 e. The third-order valence-corrected chi connectivity index (χ3v) is 2.59. The first-order chi connectivity index (χ1) is 7.77. The number of hydrogen-bond donors (Lipinski definition) is 3. The lowest BCUT2D eigenvalue weighted by atomic mass is 10.2. The molecule has 6 nitrogen and oxygen atoms in total. The van der Waals surface area contributed by atoms with Crippen LogP contribution in [0.4, 0.5) is 0 Å². The van der Waals surface area contributed by atoms with Crippen molar-refractivity contribution in [2.75, 3.05) is 6.54 Å². The van der Waals surface area contributed by atoms with Gasteiger partial charge in [0.2, 0.25) is 0 Å². The van der Waals surface area contributed by atoms with Crippen molar-refractivity contribution in [3.8, 4) is 0 Å². The molecule has 0 saturated carbocycles. The Labute approximate surface area is 93.9 Å². The van der Waals surface area contributed by atoms with Gasteiger partial charge in [-0.15, -0.1) is 0 Å². The van der Waals surface area contributed by atoms with E-state index in [0.717, 1.165) is 36.7 Å². The molecule has 2 aromatic rings. The van der Waals surface area contributed by atoms with Crippen LogP contribution >= 0.6 is 0 Å². The first kappa shape index (κ1) is 10.8. The Kier molecular flexibility index (Phi) is 3.31. The molecule has 0 aliphatic heterocycles. The minimum atomic E-state index is 0.836. The summed E-state index contributed by atoms with van der Waals surface area (Å²) in [6, 6.07) is 0. The number of aromatic amines is 2. The van der Waals surface area contributed by atoms with Gasteiger partial charge in [-0.2, -0.15) is 10.2 Å². The molecule has 0 amide bonds. The number of nitrogens with one attached hydrogen (secondary N) is 3. The zero-order valence-electron chi connectivity index (χ0n) is 9.54. The molecule has 16 heavy (non-hydrogen) atoms. The van der Waals surface area contributed by atoms with E-state index >= 15 is 0 Å². The predicted molar refractivity (Wildman–Crippen MR) is 59.9 cm³/mol. The lowest BCUT2D eigenvalue weighted by Gasteiger charge is -2.03. The van der Waals surface area contributed by atoms with Gasteiger partial charge in [-0.05, 0) is 13.8 Å². The van der Waals surface area contributed by atoms with Crippen LogP contribution in [0, 0.1) is 13.8 Å². The maximum Gasteiger partial charge on any atom is 0.137 e. The summed E-state index contributed by atoms with van der Waals surface area (Å²) in [5.41, 5.74) is 3.44. The Morgan fingerprint density at radius 2 is 2.19 bits per heavy atom. The molecular formula is C10H16N6. The van der Waals surface area contributed by atoms with E-state index in [4.69, 9.17) is 0 Å². The number of aryl methyl sites for hydroxylation is 2. The SMILES string of the molecule is Cc1n[nH]c(C)c1CNCCc1ncn[nH]1. The fraction of sp³-hybridized carbons (Fsp3) is 0.500. The molecule has 2 rings (SSSR count). The van der Waals surface area contributed by atoms with Crippen LogP contribution in [0.3, 0.4) is 0 Å². The monoisotopic (exact) mass is 220 g/mol. The summed E-state index contributed by atoms with van der Waals surface area (Å²) in [6.07, 6.45) is 2.38. The van der Waals surface area contributed by atoms with Crippen molar-refractivity contribution in [3.05, 3.63) is 29.1 Å². The van der Waals surface area contributed by atoms with E-state index in [0.29, 0.717) is 0 Å². The molecule has 3 N–H and O–H groups in total. The van der Waals surface area contributed by atoms with E-state index in [1.165, 1.54) is 11.9 Å². The molecule has 0 aromatic carbocycles. The first-order valence-corrected chi connectivity index (χ1v) is 5.33. The average Bonchev–Trinajstić information content (AvgIpc) is 2.87. The van der Waals surface area contributed by atoms with E-state index in [-0.39, 0.29) is 0 Å². The topological polar surface area (TPSA) is 82.3 Å². The molecule has 0 unspecified atom stereocenters. The summed E-state index contributed by atoms with van der Waals surface area (Å²) in [5, 5.41) is 17.1. The van der Waals surface area contributed by atoms with E-state index in [2.05, 4.69) is 30.7 Å². The summed E-state index contributed by atoms with van der Waals surface area (Å²) in [6.45, 7) is 5.76. The molecular weight excluding hydrogens is 204 g/mol. The highest BCUT2D eigenvalue weighted by atomic mass is 15.2. The number of rotatable bonds is 5. The quantitative estimate of drug-likeness (QED) is 0.640. The molecule has 2 heterocycles. The highest BCUT2D eigenvalue weighted by molar-refractivity contribution is 5.22. The van der Waals surface area contributed by atoms with Gasteiger partial charge in [0.1, 0.15) is 12.2 Å². The number of H-pyrrole nitrogens is 2. The molecule has 0 bridgehead atoms.